The maximum atomic E-state index is 10.7. The Labute approximate surface area is 111 Å². The van der Waals surface area contributed by atoms with Gasteiger partial charge in [-0.15, -0.1) is 0 Å². The summed E-state index contributed by atoms with van der Waals surface area (Å²) in [6, 6.07) is 4.22. The lowest BCUT2D eigenvalue weighted by atomic mass is 10.0. The summed E-state index contributed by atoms with van der Waals surface area (Å²) in [5.74, 6) is 0.0226. The minimum atomic E-state index is 0.0226. The third-order valence-electron chi connectivity index (χ3n) is 2.53. The van der Waals surface area contributed by atoms with Gasteiger partial charge in [0.15, 0.2) is 0 Å². The molecule has 0 bridgehead atoms. The molecule has 0 radical (unpaired) electrons. The first-order valence-electron chi connectivity index (χ1n) is 5.68. The van der Waals surface area contributed by atoms with Crippen LogP contribution in [0.2, 0.25) is 0 Å². The molecule has 2 nitrogen and oxygen atoms in total. The summed E-state index contributed by atoms with van der Waals surface area (Å²) >= 11 is 3.48. The van der Waals surface area contributed by atoms with Crippen molar-refractivity contribution in [1.82, 2.24) is 5.32 Å². The first kappa shape index (κ1) is 14.0. The van der Waals surface area contributed by atoms with Crippen molar-refractivity contribution in [3.63, 3.8) is 0 Å². The second kappa shape index (κ2) is 6.60. The van der Waals surface area contributed by atoms with Gasteiger partial charge in [-0.2, -0.15) is 0 Å². The molecule has 17 heavy (non-hydrogen) atoms. The van der Waals surface area contributed by atoms with E-state index in [0.717, 1.165) is 10.9 Å². The van der Waals surface area contributed by atoms with Gasteiger partial charge in [0.1, 0.15) is 0 Å². The predicted molar refractivity (Wildman–Crippen MR) is 76.0 cm³/mol. The average Bonchev–Trinajstić information content (AvgIpc) is 2.20. The molecule has 1 aromatic rings. The molecule has 0 aromatic heterocycles. The van der Waals surface area contributed by atoms with Gasteiger partial charge in [0.05, 0.1) is 0 Å². The summed E-state index contributed by atoms with van der Waals surface area (Å²) in [5, 5.41) is 2.77. The number of halogens is 1. The molecule has 0 unspecified atom stereocenters. The van der Waals surface area contributed by atoms with Gasteiger partial charge in [0.2, 0.25) is 5.91 Å². The fourth-order valence-corrected chi connectivity index (χ4v) is 2.40. The maximum absolute atomic E-state index is 10.7. The molecule has 0 saturated carbocycles. The van der Waals surface area contributed by atoms with Crippen molar-refractivity contribution < 1.29 is 4.79 Å². The minimum Gasteiger partial charge on any atom is -0.356 e. The van der Waals surface area contributed by atoms with Crippen LogP contribution in [0.5, 0.6) is 0 Å². The number of hydrogen-bond acceptors (Lipinski definition) is 1. The third kappa shape index (κ3) is 4.73. The molecule has 0 aliphatic rings. The number of carbonyl (C=O) groups is 1. The van der Waals surface area contributed by atoms with Crippen LogP contribution in [0.25, 0.3) is 6.08 Å². The molecular weight excluding hydrogens is 278 g/mol. The van der Waals surface area contributed by atoms with E-state index < -0.39 is 0 Å². The molecule has 1 amide bonds. The van der Waals surface area contributed by atoms with Crippen LogP contribution in [0.3, 0.4) is 0 Å². The lowest BCUT2D eigenvalue weighted by molar-refractivity contribution is -0.118. The van der Waals surface area contributed by atoms with Crippen molar-refractivity contribution in [1.29, 1.82) is 0 Å². The molecule has 0 aliphatic heterocycles. The van der Waals surface area contributed by atoms with Crippen molar-refractivity contribution in [2.75, 3.05) is 6.54 Å². The van der Waals surface area contributed by atoms with Crippen LogP contribution in [-0.4, -0.2) is 12.5 Å². The smallest absolute Gasteiger partial charge is 0.216 e. The van der Waals surface area contributed by atoms with Crippen molar-refractivity contribution in [3.05, 3.63) is 39.4 Å². The van der Waals surface area contributed by atoms with Crippen molar-refractivity contribution >= 4 is 27.9 Å². The Morgan fingerprint density at radius 1 is 1.35 bits per heavy atom. The standard InChI is InChI=1S/C14H18BrNO/c1-10-8-13(15)9-11(2)14(10)6-4-5-7-16-12(3)17/h4,6,8-9H,5,7H2,1-3H3,(H,16,17). The van der Waals surface area contributed by atoms with Crippen LogP contribution >= 0.6 is 15.9 Å². The molecule has 0 spiro atoms. The largest absolute Gasteiger partial charge is 0.356 e. The van der Waals surface area contributed by atoms with E-state index in [1.165, 1.54) is 23.6 Å². The average molecular weight is 296 g/mol. The molecule has 1 aromatic carbocycles. The summed E-state index contributed by atoms with van der Waals surface area (Å²) < 4.78 is 1.11. The van der Waals surface area contributed by atoms with Gasteiger partial charge in [-0.1, -0.05) is 28.1 Å². The highest BCUT2D eigenvalue weighted by Gasteiger charge is 2.00. The summed E-state index contributed by atoms with van der Waals surface area (Å²) in [4.78, 5) is 10.7. The summed E-state index contributed by atoms with van der Waals surface area (Å²) in [6.07, 6.45) is 5.08. The van der Waals surface area contributed by atoms with Crippen LogP contribution in [0.1, 0.15) is 30.0 Å². The zero-order chi connectivity index (χ0) is 12.8. The van der Waals surface area contributed by atoms with Crippen molar-refractivity contribution in [2.45, 2.75) is 27.2 Å². The van der Waals surface area contributed by atoms with Gasteiger partial charge in [-0.25, -0.2) is 0 Å². The van der Waals surface area contributed by atoms with Crippen molar-refractivity contribution in [2.24, 2.45) is 0 Å². The molecule has 3 heteroatoms. The quantitative estimate of drug-likeness (QED) is 0.845. The SMILES string of the molecule is CC(=O)NCCC=Cc1c(C)cc(Br)cc1C. The normalized spacial score (nSPS) is 10.8. The predicted octanol–water partition coefficient (Wildman–Crippen LogP) is 3.61. The molecule has 1 N–H and O–H groups in total. The monoisotopic (exact) mass is 295 g/mol. The molecule has 0 heterocycles. The van der Waals surface area contributed by atoms with Gasteiger partial charge in [-0.05, 0) is 49.1 Å². The maximum Gasteiger partial charge on any atom is 0.216 e. The zero-order valence-electron chi connectivity index (χ0n) is 10.5. The van der Waals surface area contributed by atoms with Crippen LogP contribution < -0.4 is 5.32 Å². The molecule has 0 fully saturated rings. The summed E-state index contributed by atoms with van der Waals surface area (Å²) in [7, 11) is 0. The van der Waals surface area contributed by atoms with Gasteiger partial charge >= 0.3 is 0 Å². The molecule has 92 valence electrons. The van der Waals surface area contributed by atoms with Gasteiger partial charge in [-0.3, -0.25) is 4.79 Å². The molecule has 0 saturated heterocycles. The van der Waals surface area contributed by atoms with Crippen LogP contribution in [0.15, 0.2) is 22.7 Å². The molecule has 0 aliphatic carbocycles. The van der Waals surface area contributed by atoms with E-state index in [2.05, 4.69) is 59.4 Å². The zero-order valence-corrected chi connectivity index (χ0v) is 12.1. The number of carbonyl (C=O) groups excluding carboxylic acids is 1. The van der Waals surface area contributed by atoms with Gasteiger partial charge in [0, 0.05) is 17.9 Å². The summed E-state index contributed by atoms with van der Waals surface area (Å²) in [5.41, 5.74) is 3.77. The van der Waals surface area contributed by atoms with E-state index in [9.17, 15) is 4.79 Å². The number of hydrogen-bond donors (Lipinski definition) is 1. The van der Waals surface area contributed by atoms with E-state index >= 15 is 0 Å². The van der Waals surface area contributed by atoms with E-state index in [1.54, 1.807) is 0 Å². The summed E-state index contributed by atoms with van der Waals surface area (Å²) in [6.45, 7) is 6.43. The second-order valence-electron chi connectivity index (χ2n) is 4.13. The number of aryl methyl sites for hydroxylation is 2. The topological polar surface area (TPSA) is 29.1 Å². The van der Waals surface area contributed by atoms with Gasteiger partial charge < -0.3 is 5.32 Å². The van der Waals surface area contributed by atoms with E-state index in [0.29, 0.717) is 6.54 Å². The molecule has 1 rings (SSSR count). The highest BCUT2D eigenvalue weighted by atomic mass is 79.9. The fraction of sp³-hybridized carbons (Fsp3) is 0.357. The number of benzene rings is 1. The second-order valence-corrected chi connectivity index (χ2v) is 5.04. The Kier molecular flexibility index (Phi) is 5.42. The Morgan fingerprint density at radius 3 is 2.47 bits per heavy atom. The van der Waals surface area contributed by atoms with Crippen LogP contribution in [0, 0.1) is 13.8 Å². The van der Waals surface area contributed by atoms with Crippen molar-refractivity contribution in [3.8, 4) is 0 Å². The highest BCUT2D eigenvalue weighted by Crippen LogP contribution is 2.21. The third-order valence-corrected chi connectivity index (χ3v) is 2.99. The highest BCUT2D eigenvalue weighted by molar-refractivity contribution is 9.10. The first-order chi connectivity index (χ1) is 8.00. The Morgan fingerprint density at radius 2 is 1.94 bits per heavy atom. The van der Waals surface area contributed by atoms with E-state index in [-0.39, 0.29) is 5.91 Å². The Bertz CT molecular complexity index is 415. The van der Waals surface area contributed by atoms with E-state index in [1.807, 2.05) is 0 Å². The number of amides is 1. The molecular formula is C14H18BrNO. The molecule has 0 atom stereocenters. The van der Waals surface area contributed by atoms with Crippen LogP contribution in [-0.2, 0) is 4.79 Å². The first-order valence-corrected chi connectivity index (χ1v) is 6.47. The number of nitrogens with one attached hydrogen (secondary N) is 1. The van der Waals surface area contributed by atoms with E-state index in [4.69, 9.17) is 0 Å². The minimum absolute atomic E-state index is 0.0226. The fourth-order valence-electron chi connectivity index (χ4n) is 1.72. The van der Waals surface area contributed by atoms with Crippen LogP contribution in [0.4, 0.5) is 0 Å². The Balaban J connectivity index is 2.62. The lowest BCUT2D eigenvalue weighted by Crippen LogP contribution is -2.20. The van der Waals surface area contributed by atoms with Gasteiger partial charge in [0.25, 0.3) is 0 Å². The lowest BCUT2D eigenvalue weighted by Gasteiger charge is -2.06. The Hall–Kier alpha value is -1.09. The number of rotatable bonds is 4.